The van der Waals surface area contributed by atoms with E-state index in [0.717, 1.165) is 25.7 Å². The fraction of sp³-hybridized carbons (Fsp3) is 0.750. The van der Waals surface area contributed by atoms with Gasteiger partial charge in [-0.15, -0.1) is 11.3 Å². The van der Waals surface area contributed by atoms with Gasteiger partial charge in [-0.05, 0) is 55.5 Å². The number of thiophene rings is 1. The van der Waals surface area contributed by atoms with Gasteiger partial charge < -0.3 is 10.1 Å². The van der Waals surface area contributed by atoms with E-state index < -0.39 is 0 Å². The van der Waals surface area contributed by atoms with Gasteiger partial charge in [0.15, 0.2) is 0 Å². The first-order chi connectivity index (χ1) is 9.86. The lowest BCUT2D eigenvalue weighted by Gasteiger charge is -2.26. The van der Waals surface area contributed by atoms with E-state index >= 15 is 0 Å². The summed E-state index contributed by atoms with van der Waals surface area (Å²) in [5.74, 6) is 3.36. The average Bonchev–Trinajstić information content (AvgIpc) is 2.92. The van der Waals surface area contributed by atoms with Crippen LogP contribution in [0.15, 0.2) is 6.07 Å². The van der Waals surface area contributed by atoms with Gasteiger partial charge in [0.25, 0.3) is 0 Å². The van der Waals surface area contributed by atoms with Crippen molar-refractivity contribution in [2.24, 2.45) is 5.92 Å². The van der Waals surface area contributed by atoms with Crippen LogP contribution in [-0.4, -0.2) is 25.5 Å². The maximum atomic E-state index is 5.49. The molecule has 2 aliphatic rings. The van der Waals surface area contributed by atoms with Crippen LogP contribution >= 0.6 is 23.1 Å². The summed E-state index contributed by atoms with van der Waals surface area (Å²) in [7, 11) is 0. The van der Waals surface area contributed by atoms with E-state index in [4.69, 9.17) is 4.74 Å². The molecule has 1 aromatic heterocycles. The predicted octanol–water partition coefficient (Wildman–Crippen LogP) is 4.00. The normalized spacial score (nSPS) is 21.6. The summed E-state index contributed by atoms with van der Waals surface area (Å²) in [5, 5.41) is 3.72. The summed E-state index contributed by atoms with van der Waals surface area (Å²) < 4.78 is 5.49. The van der Waals surface area contributed by atoms with E-state index in [1.54, 1.807) is 15.3 Å². The Morgan fingerprint density at radius 3 is 3.00 bits per heavy atom. The van der Waals surface area contributed by atoms with Crippen molar-refractivity contribution in [3.8, 4) is 0 Å². The fourth-order valence-corrected chi connectivity index (χ4v) is 5.67. The van der Waals surface area contributed by atoms with Crippen LogP contribution in [0.4, 0.5) is 0 Å². The Morgan fingerprint density at radius 2 is 2.25 bits per heavy atom. The molecular weight excluding hydrogens is 286 g/mol. The van der Waals surface area contributed by atoms with Crippen molar-refractivity contribution in [1.29, 1.82) is 0 Å². The molecule has 1 N–H and O–H groups in total. The largest absolute Gasteiger partial charge is 0.381 e. The lowest BCUT2D eigenvalue weighted by molar-refractivity contribution is 0.0607. The van der Waals surface area contributed by atoms with Crippen molar-refractivity contribution in [3.63, 3.8) is 0 Å². The smallest absolute Gasteiger partial charge is 0.0468 e. The summed E-state index contributed by atoms with van der Waals surface area (Å²) in [6, 6.07) is 3.04. The van der Waals surface area contributed by atoms with Gasteiger partial charge in [-0.2, -0.15) is 11.8 Å². The van der Waals surface area contributed by atoms with Crippen molar-refractivity contribution in [3.05, 3.63) is 21.4 Å². The van der Waals surface area contributed by atoms with Gasteiger partial charge in [0.1, 0.15) is 0 Å². The summed E-state index contributed by atoms with van der Waals surface area (Å²) in [6.07, 6.45) is 5.04. The lowest BCUT2D eigenvalue weighted by atomic mass is 9.91. The topological polar surface area (TPSA) is 21.3 Å². The zero-order valence-electron chi connectivity index (χ0n) is 12.3. The second-order valence-corrected chi connectivity index (χ2v) is 8.07. The molecule has 4 heteroatoms. The second-order valence-electron chi connectivity index (χ2n) is 5.80. The van der Waals surface area contributed by atoms with E-state index in [1.807, 2.05) is 0 Å². The van der Waals surface area contributed by atoms with Crippen LogP contribution < -0.4 is 5.32 Å². The maximum Gasteiger partial charge on any atom is 0.0468 e. The molecule has 1 aromatic rings. The molecule has 3 heterocycles. The van der Waals surface area contributed by atoms with Crippen molar-refractivity contribution < 1.29 is 4.74 Å². The van der Waals surface area contributed by atoms with Gasteiger partial charge in [-0.25, -0.2) is 0 Å². The molecule has 0 spiro atoms. The summed E-state index contributed by atoms with van der Waals surface area (Å²) in [4.78, 5) is 3.22. The maximum absolute atomic E-state index is 5.49. The van der Waals surface area contributed by atoms with E-state index in [-0.39, 0.29) is 0 Å². The van der Waals surface area contributed by atoms with Crippen LogP contribution in [-0.2, 0) is 16.9 Å². The minimum Gasteiger partial charge on any atom is -0.381 e. The van der Waals surface area contributed by atoms with Crippen LogP contribution in [0.1, 0.15) is 47.5 Å². The molecule has 0 amide bonds. The summed E-state index contributed by atoms with van der Waals surface area (Å²) >= 11 is 4.15. The standard InChI is InChI=1S/C16H25NOS2/c1-2-17-14(9-12-3-6-18-7-4-12)16-10-13-11-19-8-5-15(13)20-16/h10,12,14,17H,2-9,11H2,1H3. The van der Waals surface area contributed by atoms with Gasteiger partial charge in [0.2, 0.25) is 0 Å². The molecule has 2 nitrogen and oxygen atoms in total. The van der Waals surface area contributed by atoms with Gasteiger partial charge in [0.05, 0.1) is 0 Å². The summed E-state index contributed by atoms with van der Waals surface area (Å²) in [5.41, 5.74) is 1.61. The van der Waals surface area contributed by atoms with Crippen LogP contribution in [0.3, 0.4) is 0 Å². The van der Waals surface area contributed by atoms with Crippen molar-refractivity contribution in [2.75, 3.05) is 25.5 Å². The van der Waals surface area contributed by atoms with E-state index in [9.17, 15) is 0 Å². The Bertz CT molecular complexity index is 403. The number of hydrogen-bond donors (Lipinski definition) is 1. The molecule has 0 saturated carbocycles. The Labute approximate surface area is 130 Å². The highest BCUT2D eigenvalue weighted by molar-refractivity contribution is 7.98. The first kappa shape index (κ1) is 14.9. The van der Waals surface area contributed by atoms with Crippen molar-refractivity contribution in [2.45, 2.75) is 44.4 Å². The van der Waals surface area contributed by atoms with E-state index in [0.29, 0.717) is 6.04 Å². The SMILES string of the molecule is CCNC(CC1CCOCC1)c1cc2c(s1)CCSC2. The van der Waals surface area contributed by atoms with Crippen molar-refractivity contribution in [1.82, 2.24) is 5.32 Å². The Morgan fingerprint density at radius 1 is 1.40 bits per heavy atom. The van der Waals surface area contributed by atoms with Crippen LogP contribution in [0.2, 0.25) is 0 Å². The number of fused-ring (bicyclic) bond motifs is 1. The third-order valence-electron chi connectivity index (χ3n) is 4.35. The molecule has 1 unspecified atom stereocenters. The molecule has 112 valence electrons. The molecule has 1 saturated heterocycles. The average molecular weight is 312 g/mol. The highest BCUT2D eigenvalue weighted by atomic mass is 32.2. The number of aryl methyl sites for hydroxylation is 1. The minimum absolute atomic E-state index is 0.559. The second kappa shape index (κ2) is 7.30. The minimum atomic E-state index is 0.559. The van der Waals surface area contributed by atoms with Crippen LogP contribution in [0, 0.1) is 5.92 Å². The van der Waals surface area contributed by atoms with E-state index in [1.165, 1.54) is 37.2 Å². The number of thioether (sulfide) groups is 1. The molecular formula is C16H25NOS2. The predicted molar refractivity (Wildman–Crippen MR) is 88.8 cm³/mol. The van der Waals surface area contributed by atoms with Gasteiger partial charge in [-0.3, -0.25) is 0 Å². The zero-order valence-corrected chi connectivity index (χ0v) is 14.0. The van der Waals surface area contributed by atoms with Gasteiger partial charge in [0, 0.05) is 34.8 Å². The van der Waals surface area contributed by atoms with E-state index in [2.05, 4.69) is 41.4 Å². The lowest BCUT2D eigenvalue weighted by Crippen LogP contribution is -2.25. The number of ether oxygens (including phenoxy) is 1. The first-order valence-electron chi connectivity index (χ1n) is 7.87. The Balaban J connectivity index is 1.70. The third kappa shape index (κ3) is 3.59. The van der Waals surface area contributed by atoms with Gasteiger partial charge >= 0.3 is 0 Å². The number of rotatable bonds is 5. The molecule has 3 rings (SSSR count). The Kier molecular flexibility index (Phi) is 5.43. The fourth-order valence-electron chi connectivity index (χ4n) is 3.20. The molecule has 0 aromatic carbocycles. The van der Waals surface area contributed by atoms with Crippen LogP contribution in [0.25, 0.3) is 0 Å². The van der Waals surface area contributed by atoms with Crippen molar-refractivity contribution >= 4 is 23.1 Å². The monoisotopic (exact) mass is 311 g/mol. The molecule has 20 heavy (non-hydrogen) atoms. The number of nitrogens with one attached hydrogen (secondary N) is 1. The summed E-state index contributed by atoms with van der Waals surface area (Å²) in [6.45, 7) is 5.20. The molecule has 1 atom stereocenters. The highest BCUT2D eigenvalue weighted by Crippen LogP contribution is 2.37. The molecule has 0 bridgehead atoms. The zero-order chi connectivity index (χ0) is 13.8. The third-order valence-corrected chi connectivity index (χ3v) is 6.71. The molecule has 0 aliphatic carbocycles. The Hall–Kier alpha value is -0.0300. The number of hydrogen-bond acceptors (Lipinski definition) is 4. The highest BCUT2D eigenvalue weighted by Gasteiger charge is 2.23. The van der Waals surface area contributed by atoms with Crippen LogP contribution in [0.5, 0.6) is 0 Å². The molecule has 1 fully saturated rings. The first-order valence-corrected chi connectivity index (χ1v) is 9.84. The molecule has 2 aliphatic heterocycles. The molecule has 0 radical (unpaired) electrons. The van der Waals surface area contributed by atoms with Gasteiger partial charge in [-0.1, -0.05) is 6.92 Å². The quantitative estimate of drug-likeness (QED) is 0.888.